The van der Waals surface area contributed by atoms with E-state index in [0.29, 0.717) is 6.04 Å². The van der Waals surface area contributed by atoms with Gasteiger partial charge in [-0.05, 0) is 31.6 Å². The first kappa shape index (κ1) is 13.5. The number of rotatable bonds is 3. The van der Waals surface area contributed by atoms with E-state index in [1.165, 1.54) is 11.1 Å². The van der Waals surface area contributed by atoms with E-state index in [1.54, 1.807) is 0 Å². The topological polar surface area (TPSA) is 32.5 Å². The standard InChI is InChI=1S/C15H25N3/c1-4-12-6-5-7-13(10-12)15(16)14-11-17(2)8-9-18(14)3/h5-7,10,14-15H,4,8-9,11,16H2,1-3H3. The quantitative estimate of drug-likeness (QED) is 0.878. The molecule has 0 saturated carbocycles. The number of piperazine rings is 1. The van der Waals surface area contributed by atoms with Crippen LogP contribution in [0.4, 0.5) is 0 Å². The van der Waals surface area contributed by atoms with Gasteiger partial charge < -0.3 is 10.6 Å². The maximum atomic E-state index is 6.48. The van der Waals surface area contributed by atoms with Crippen LogP contribution >= 0.6 is 0 Å². The van der Waals surface area contributed by atoms with Crippen LogP contribution in [0.15, 0.2) is 24.3 Å². The van der Waals surface area contributed by atoms with Gasteiger partial charge in [-0.15, -0.1) is 0 Å². The summed E-state index contributed by atoms with van der Waals surface area (Å²) in [6, 6.07) is 9.23. The lowest BCUT2D eigenvalue weighted by Gasteiger charge is -2.40. The van der Waals surface area contributed by atoms with E-state index in [9.17, 15) is 0 Å². The third-order valence-corrected chi connectivity index (χ3v) is 4.06. The summed E-state index contributed by atoms with van der Waals surface area (Å²) in [5.41, 5.74) is 9.11. The molecule has 3 nitrogen and oxygen atoms in total. The van der Waals surface area contributed by atoms with E-state index < -0.39 is 0 Å². The predicted octanol–water partition coefficient (Wildman–Crippen LogP) is 1.49. The van der Waals surface area contributed by atoms with Crippen LogP contribution in [0.2, 0.25) is 0 Å². The fourth-order valence-electron chi connectivity index (χ4n) is 2.67. The Morgan fingerprint density at radius 1 is 1.33 bits per heavy atom. The van der Waals surface area contributed by atoms with E-state index >= 15 is 0 Å². The SMILES string of the molecule is CCc1cccc(C(N)C2CN(C)CCN2C)c1. The van der Waals surface area contributed by atoms with Crippen LogP contribution in [0, 0.1) is 0 Å². The van der Waals surface area contributed by atoms with E-state index in [1.807, 2.05) is 0 Å². The Bertz CT molecular complexity index is 391. The highest BCUT2D eigenvalue weighted by molar-refractivity contribution is 5.27. The average molecular weight is 247 g/mol. The lowest BCUT2D eigenvalue weighted by molar-refractivity contribution is 0.0974. The molecule has 0 spiro atoms. The summed E-state index contributed by atoms with van der Waals surface area (Å²) in [6.45, 7) is 5.47. The van der Waals surface area contributed by atoms with Crippen LogP contribution in [-0.4, -0.2) is 49.6 Å². The van der Waals surface area contributed by atoms with Gasteiger partial charge in [-0.1, -0.05) is 31.2 Å². The molecule has 1 fully saturated rings. The van der Waals surface area contributed by atoms with Crippen molar-refractivity contribution in [3.8, 4) is 0 Å². The Labute approximate surface area is 111 Å². The zero-order valence-electron chi connectivity index (χ0n) is 11.8. The van der Waals surface area contributed by atoms with Crippen molar-refractivity contribution in [1.82, 2.24) is 9.80 Å². The molecule has 18 heavy (non-hydrogen) atoms. The van der Waals surface area contributed by atoms with Gasteiger partial charge in [0.1, 0.15) is 0 Å². The largest absolute Gasteiger partial charge is 0.323 e. The molecule has 0 amide bonds. The van der Waals surface area contributed by atoms with Gasteiger partial charge in [0.15, 0.2) is 0 Å². The summed E-state index contributed by atoms with van der Waals surface area (Å²) in [4.78, 5) is 4.76. The molecule has 2 N–H and O–H groups in total. The summed E-state index contributed by atoms with van der Waals surface area (Å²) >= 11 is 0. The number of hydrogen-bond acceptors (Lipinski definition) is 3. The minimum absolute atomic E-state index is 0.101. The smallest absolute Gasteiger partial charge is 0.0465 e. The molecule has 1 aliphatic heterocycles. The van der Waals surface area contributed by atoms with Gasteiger partial charge in [-0.25, -0.2) is 0 Å². The fraction of sp³-hybridized carbons (Fsp3) is 0.600. The Balaban J connectivity index is 2.15. The minimum Gasteiger partial charge on any atom is -0.323 e. The van der Waals surface area contributed by atoms with Crippen LogP contribution in [-0.2, 0) is 6.42 Å². The highest BCUT2D eigenvalue weighted by atomic mass is 15.3. The van der Waals surface area contributed by atoms with Crippen molar-refractivity contribution in [2.24, 2.45) is 5.73 Å². The molecule has 1 aromatic carbocycles. The molecule has 0 aromatic heterocycles. The zero-order valence-corrected chi connectivity index (χ0v) is 11.8. The summed E-state index contributed by atoms with van der Waals surface area (Å²) in [5.74, 6) is 0. The Morgan fingerprint density at radius 2 is 2.11 bits per heavy atom. The molecule has 0 aliphatic carbocycles. The number of nitrogens with zero attached hydrogens (tertiary/aromatic N) is 2. The maximum absolute atomic E-state index is 6.48. The van der Waals surface area contributed by atoms with Crippen molar-refractivity contribution in [2.75, 3.05) is 33.7 Å². The second-order valence-electron chi connectivity index (χ2n) is 5.43. The first-order valence-electron chi connectivity index (χ1n) is 6.85. The van der Waals surface area contributed by atoms with Gasteiger partial charge in [0, 0.05) is 31.7 Å². The Hall–Kier alpha value is -0.900. The van der Waals surface area contributed by atoms with Crippen molar-refractivity contribution in [1.29, 1.82) is 0 Å². The molecular weight excluding hydrogens is 222 g/mol. The number of likely N-dealkylation sites (N-methyl/N-ethyl adjacent to an activating group) is 2. The highest BCUT2D eigenvalue weighted by Crippen LogP contribution is 2.22. The van der Waals surface area contributed by atoms with Crippen molar-refractivity contribution in [2.45, 2.75) is 25.4 Å². The number of benzene rings is 1. The number of nitrogens with two attached hydrogens (primary N) is 1. The van der Waals surface area contributed by atoms with Gasteiger partial charge in [-0.2, -0.15) is 0 Å². The average Bonchev–Trinajstić information content (AvgIpc) is 2.41. The van der Waals surface area contributed by atoms with E-state index in [-0.39, 0.29) is 6.04 Å². The second kappa shape index (κ2) is 5.83. The van der Waals surface area contributed by atoms with Crippen molar-refractivity contribution in [3.05, 3.63) is 35.4 Å². The normalized spacial score (nSPS) is 24.1. The molecule has 0 radical (unpaired) electrons. The summed E-state index contributed by atoms with van der Waals surface area (Å²) in [7, 11) is 4.36. The molecule has 3 heteroatoms. The monoisotopic (exact) mass is 247 g/mol. The van der Waals surface area contributed by atoms with Gasteiger partial charge in [0.25, 0.3) is 0 Å². The third kappa shape index (κ3) is 2.91. The molecule has 2 rings (SSSR count). The van der Waals surface area contributed by atoms with E-state index in [0.717, 1.165) is 26.1 Å². The number of aryl methyl sites for hydroxylation is 1. The van der Waals surface area contributed by atoms with Crippen molar-refractivity contribution >= 4 is 0 Å². The molecule has 2 unspecified atom stereocenters. The lowest BCUT2D eigenvalue weighted by atomic mass is 9.95. The molecular formula is C15H25N3. The van der Waals surface area contributed by atoms with Crippen LogP contribution < -0.4 is 5.73 Å². The van der Waals surface area contributed by atoms with Gasteiger partial charge >= 0.3 is 0 Å². The summed E-state index contributed by atoms with van der Waals surface area (Å²) in [6.07, 6.45) is 1.07. The highest BCUT2D eigenvalue weighted by Gasteiger charge is 2.28. The zero-order chi connectivity index (χ0) is 13.1. The van der Waals surface area contributed by atoms with Gasteiger partial charge in [-0.3, -0.25) is 4.90 Å². The van der Waals surface area contributed by atoms with Crippen LogP contribution in [0.5, 0.6) is 0 Å². The van der Waals surface area contributed by atoms with Crippen molar-refractivity contribution < 1.29 is 0 Å². The molecule has 100 valence electrons. The molecule has 1 aliphatic rings. The van der Waals surface area contributed by atoms with E-state index in [4.69, 9.17) is 5.73 Å². The fourth-order valence-corrected chi connectivity index (χ4v) is 2.67. The van der Waals surface area contributed by atoms with E-state index in [2.05, 4.69) is 55.1 Å². The minimum atomic E-state index is 0.101. The molecule has 2 atom stereocenters. The second-order valence-corrected chi connectivity index (χ2v) is 5.43. The molecule has 1 heterocycles. The maximum Gasteiger partial charge on any atom is 0.0465 e. The Kier molecular flexibility index (Phi) is 4.38. The van der Waals surface area contributed by atoms with Gasteiger partial charge in [0.05, 0.1) is 0 Å². The van der Waals surface area contributed by atoms with Crippen LogP contribution in [0.1, 0.15) is 24.1 Å². The number of hydrogen-bond donors (Lipinski definition) is 1. The first-order chi connectivity index (χ1) is 8.61. The van der Waals surface area contributed by atoms with Crippen LogP contribution in [0.3, 0.4) is 0 Å². The molecule has 1 aromatic rings. The van der Waals surface area contributed by atoms with Crippen LogP contribution in [0.25, 0.3) is 0 Å². The first-order valence-corrected chi connectivity index (χ1v) is 6.85. The third-order valence-electron chi connectivity index (χ3n) is 4.06. The summed E-state index contributed by atoms with van der Waals surface area (Å²) in [5, 5.41) is 0. The molecule has 1 saturated heterocycles. The lowest BCUT2D eigenvalue weighted by Crippen LogP contribution is -2.54. The van der Waals surface area contributed by atoms with Crippen molar-refractivity contribution in [3.63, 3.8) is 0 Å². The Morgan fingerprint density at radius 3 is 2.83 bits per heavy atom. The van der Waals surface area contributed by atoms with Gasteiger partial charge in [0.2, 0.25) is 0 Å². The molecule has 0 bridgehead atoms. The predicted molar refractivity (Wildman–Crippen MR) is 76.7 cm³/mol. The summed E-state index contributed by atoms with van der Waals surface area (Å²) < 4.78 is 0.